The zero-order valence-electron chi connectivity index (χ0n) is 28.7. The van der Waals surface area contributed by atoms with Gasteiger partial charge in [0.1, 0.15) is 23.0 Å². The number of alkyl halides is 1. The number of anilines is 4. The van der Waals surface area contributed by atoms with Crippen molar-refractivity contribution < 1.29 is 33.5 Å². The molecule has 1 aliphatic rings. The van der Waals surface area contributed by atoms with Crippen molar-refractivity contribution in [1.29, 1.82) is 0 Å². The fourth-order valence-electron chi connectivity index (χ4n) is 5.79. The van der Waals surface area contributed by atoms with Gasteiger partial charge in [0.2, 0.25) is 11.8 Å². The van der Waals surface area contributed by atoms with Crippen LogP contribution in [0, 0.1) is 0 Å². The number of halogens is 2. The molecule has 1 unspecified atom stereocenters. The van der Waals surface area contributed by atoms with Gasteiger partial charge in [-0.3, -0.25) is 24.0 Å². The lowest BCUT2D eigenvalue weighted by atomic mass is 10.0. The molecule has 0 spiro atoms. The molecular formula is C35H38Cl2N10O7. The third-order valence-corrected chi connectivity index (χ3v) is 8.79. The van der Waals surface area contributed by atoms with Gasteiger partial charge in [0.25, 0.3) is 17.7 Å². The first kappa shape index (κ1) is 39.3. The van der Waals surface area contributed by atoms with Crippen LogP contribution in [-0.4, -0.2) is 80.1 Å². The number of aromatic amines is 2. The van der Waals surface area contributed by atoms with E-state index >= 15 is 0 Å². The van der Waals surface area contributed by atoms with E-state index in [1.807, 2.05) is 0 Å². The van der Waals surface area contributed by atoms with E-state index in [9.17, 15) is 29.1 Å². The molecule has 284 valence electrons. The Balaban J connectivity index is 0.00000561. The van der Waals surface area contributed by atoms with Crippen LogP contribution in [0.4, 0.5) is 23.0 Å². The normalized spacial score (nSPS) is 13.2. The minimum atomic E-state index is -0.629. The smallest absolute Gasteiger partial charge is 0.294 e. The monoisotopic (exact) mass is 780 g/mol. The molecule has 0 radical (unpaired) electrons. The number of aromatic nitrogens is 4. The number of carbonyl (C=O) groups is 5. The zero-order chi connectivity index (χ0) is 37.5. The Labute approximate surface area is 319 Å². The van der Waals surface area contributed by atoms with E-state index in [2.05, 4.69) is 41.2 Å². The number of carbonyl (C=O) groups excluding carboxylic acids is 5. The molecule has 1 atom stereocenters. The van der Waals surface area contributed by atoms with Crippen LogP contribution in [0.15, 0.2) is 59.3 Å². The number of phenolic OH excluding ortho intramolecular Hbond substituents is 1. The van der Waals surface area contributed by atoms with E-state index in [1.165, 1.54) is 23.4 Å². The number of furan rings is 1. The molecule has 0 bridgehead atoms. The summed E-state index contributed by atoms with van der Waals surface area (Å²) in [4.78, 5) is 78.3. The van der Waals surface area contributed by atoms with Crippen LogP contribution in [-0.2, 0) is 9.59 Å². The van der Waals surface area contributed by atoms with Gasteiger partial charge in [-0.15, -0.1) is 24.0 Å². The van der Waals surface area contributed by atoms with Gasteiger partial charge in [-0.25, -0.2) is 9.97 Å². The Hall–Kier alpha value is -5.91. The first-order valence-electron chi connectivity index (χ1n) is 16.9. The zero-order valence-corrected chi connectivity index (χ0v) is 30.3. The van der Waals surface area contributed by atoms with Crippen molar-refractivity contribution in [1.82, 2.24) is 25.3 Å². The lowest BCUT2D eigenvalue weighted by Crippen LogP contribution is -2.29. The van der Waals surface area contributed by atoms with E-state index in [0.717, 1.165) is 18.4 Å². The molecule has 9 N–H and O–H groups in total. The highest BCUT2D eigenvalue weighted by atomic mass is 35.5. The first-order chi connectivity index (χ1) is 25.6. The number of nitrogens with zero attached hydrogens (tertiary/aromatic N) is 3. The van der Waals surface area contributed by atoms with Crippen LogP contribution in [0.25, 0.3) is 11.0 Å². The Morgan fingerprint density at radius 2 is 1.59 bits per heavy atom. The molecule has 4 heterocycles. The lowest BCUT2D eigenvalue weighted by Gasteiger charge is -2.16. The summed E-state index contributed by atoms with van der Waals surface area (Å²) in [6.07, 6.45) is 4.41. The van der Waals surface area contributed by atoms with Crippen LogP contribution in [0.2, 0.25) is 0 Å². The minimum Gasteiger partial charge on any atom is -0.508 e. The van der Waals surface area contributed by atoms with E-state index in [0.29, 0.717) is 47.9 Å². The van der Waals surface area contributed by atoms with Gasteiger partial charge in [0.15, 0.2) is 17.4 Å². The number of nitrogens with two attached hydrogens (primary N) is 1. The van der Waals surface area contributed by atoms with E-state index in [-0.39, 0.29) is 84.2 Å². The van der Waals surface area contributed by atoms with Crippen molar-refractivity contribution in [2.45, 2.75) is 38.0 Å². The predicted molar refractivity (Wildman–Crippen MR) is 204 cm³/mol. The quantitative estimate of drug-likeness (QED) is 0.0547. The van der Waals surface area contributed by atoms with Crippen LogP contribution in [0.5, 0.6) is 5.75 Å². The number of phenols is 1. The number of fused-ring (bicyclic) bond motifs is 2. The molecule has 0 saturated carbocycles. The van der Waals surface area contributed by atoms with Gasteiger partial charge in [0, 0.05) is 54.9 Å². The summed E-state index contributed by atoms with van der Waals surface area (Å²) >= 11 is 6.14. The maximum absolute atomic E-state index is 13.4. The summed E-state index contributed by atoms with van der Waals surface area (Å²) in [7, 11) is 0. The Kier molecular flexibility index (Phi) is 12.9. The number of unbranched alkanes of at least 4 members (excludes halogenated alkanes) is 1. The minimum absolute atomic E-state index is 0. The number of hydrogen-bond acceptors (Lipinski definition) is 10. The van der Waals surface area contributed by atoms with E-state index in [4.69, 9.17) is 21.8 Å². The molecule has 0 saturated heterocycles. The second-order valence-electron chi connectivity index (χ2n) is 12.3. The van der Waals surface area contributed by atoms with E-state index < -0.39 is 17.7 Å². The fourth-order valence-corrected chi connectivity index (χ4v) is 6.06. The van der Waals surface area contributed by atoms with Gasteiger partial charge in [-0.1, -0.05) is 6.07 Å². The number of amides is 5. The molecule has 19 heteroatoms. The van der Waals surface area contributed by atoms with Crippen molar-refractivity contribution >= 4 is 87.5 Å². The number of H-pyrrole nitrogens is 2. The molecule has 0 fully saturated rings. The highest BCUT2D eigenvalue weighted by molar-refractivity contribution is 6.19. The molecule has 3 aromatic heterocycles. The second kappa shape index (κ2) is 17.7. The third kappa shape index (κ3) is 9.35. The number of benzene rings is 2. The van der Waals surface area contributed by atoms with Crippen molar-refractivity contribution in [2.24, 2.45) is 5.73 Å². The summed E-state index contributed by atoms with van der Waals surface area (Å²) in [5, 5.41) is 21.3. The van der Waals surface area contributed by atoms with Gasteiger partial charge in [0.05, 0.1) is 18.1 Å². The second-order valence-corrected chi connectivity index (χ2v) is 12.6. The molecule has 17 nitrogen and oxygen atoms in total. The highest BCUT2D eigenvalue weighted by Gasteiger charge is 2.34. The molecule has 2 aromatic carbocycles. The number of hydrogen-bond donors (Lipinski definition) is 8. The fraction of sp³-hybridized carbons (Fsp3) is 0.286. The topological polar surface area (TPSA) is 253 Å². The van der Waals surface area contributed by atoms with Gasteiger partial charge >= 0.3 is 0 Å². The van der Waals surface area contributed by atoms with Gasteiger partial charge < -0.3 is 51.4 Å². The van der Waals surface area contributed by atoms with Crippen LogP contribution in [0.1, 0.15) is 75.4 Å². The molecule has 54 heavy (non-hydrogen) atoms. The third-order valence-electron chi connectivity index (χ3n) is 8.42. The van der Waals surface area contributed by atoms with Crippen molar-refractivity contribution in [2.75, 3.05) is 46.4 Å². The number of nitrogens with one attached hydrogen (secondary N) is 6. The standard InChI is InChI=1S/C35H37ClN10O7.ClH/c36-15-20-18-46(24-14-22(47)7-8-23(20)24)35(52)26-13-19-12-21(6-9-25(19)53-26)41-29(48)4-3-5-30(49)42-27-16-40-32(43-27)34(51)45-28-17-39-31(44-28)33(50)38-11-2-1-10-37;/h6-9,12-14,16-17,20,47H,1-5,10-11,15,18,37H2,(H,38,50)(H,39,44)(H,40,43)(H,41,48)(H,42,49)(H,45,51);1H. The van der Waals surface area contributed by atoms with Crippen LogP contribution in [0.3, 0.4) is 0 Å². The number of imidazole rings is 2. The Bertz CT molecular complexity index is 2160. The number of rotatable bonds is 15. The van der Waals surface area contributed by atoms with Crippen LogP contribution < -0.4 is 31.9 Å². The SMILES string of the molecule is Cl.NCCCCNC(=O)c1ncc(NC(=O)c2ncc(NC(=O)CCCC(=O)Nc3ccc4oc(C(=O)N5CC(CCl)c6ccc(O)cc65)cc4c3)[nH]2)[nH]1. The number of aromatic hydroxyl groups is 1. The highest BCUT2D eigenvalue weighted by Crippen LogP contribution is 2.40. The average molecular weight is 782 g/mol. The summed E-state index contributed by atoms with van der Waals surface area (Å²) < 4.78 is 5.83. The summed E-state index contributed by atoms with van der Waals surface area (Å²) in [5.74, 6) is -1.44. The predicted octanol–water partition coefficient (Wildman–Crippen LogP) is 4.46. The maximum atomic E-state index is 13.4. The Morgan fingerprint density at radius 1 is 0.889 bits per heavy atom. The molecule has 0 aliphatic carbocycles. The van der Waals surface area contributed by atoms with Crippen molar-refractivity contribution in [3.8, 4) is 5.75 Å². The van der Waals surface area contributed by atoms with Crippen LogP contribution >= 0.6 is 24.0 Å². The molecule has 6 rings (SSSR count). The van der Waals surface area contributed by atoms with Crippen molar-refractivity contribution in [3.63, 3.8) is 0 Å². The van der Waals surface area contributed by atoms with Gasteiger partial charge in [-0.2, -0.15) is 0 Å². The Morgan fingerprint density at radius 3 is 2.31 bits per heavy atom. The molecule has 5 amide bonds. The molecular weight excluding hydrogens is 743 g/mol. The van der Waals surface area contributed by atoms with E-state index in [1.54, 1.807) is 36.4 Å². The largest absolute Gasteiger partial charge is 0.508 e. The lowest BCUT2D eigenvalue weighted by molar-refractivity contribution is -0.117. The first-order valence-corrected chi connectivity index (χ1v) is 17.4. The maximum Gasteiger partial charge on any atom is 0.294 e. The average Bonchev–Trinajstić information content (AvgIpc) is 3.95. The molecule has 5 aromatic rings. The van der Waals surface area contributed by atoms with Gasteiger partial charge in [-0.05, 0) is 61.7 Å². The summed E-state index contributed by atoms with van der Waals surface area (Å²) in [6, 6.07) is 11.4. The summed E-state index contributed by atoms with van der Waals surface area (Å²) in [6.45, 7) is 1.34. The summed E-state index contributed by atoms with van der Waals surface area (Å²) in [5.41, 5.74) is 7.85. The van der Waals surface area contributed by atoms with Crippen molar-refractivity contribution in [3.05, 3.63) is 77.8 Å². The molecule has 1 aliphatic heterocycles.